The summed E-state index contributed by atoms with van der Waals surface area (Å²) >= 11 is 0. The highest BCUT2D eigenvalue weighted by Crippen LogP contribution is 2.41. The normalized spacial score (nSPS) is 30.1. The molecule has 98 valence electrons. The van der Waals surface area contributed by atoms with E-state index in [-0.39, 0.29) is 5.41 Å². The number of ether oxygens (including phenoxy) is 2. The average Bonchev–Trinajstić information content (AvgIpc) is 2.27. The largest absolute Gasteiger partial charge is 0.480 e. The SMILES string of the molecule is CC1(C)COC2(CCC(N)(C(=O)O)CC2)OC1. The molecule has 0 radical (unpaired) electrons. The molecule has 0 aromatic carbocycles. The van der Waals surface area contributed by atoms with E-state index in [4.69, 9.17) is 20.3 Å². The summed E-state index contributed by atoms with van der Waals surface area (Å²) in [5.41, 5.74) is 4.77. The predicted octanol–water partition coefficient (Wildman–Crippen LogP) is 1.11. The Morgan fingerprint density at radius 2 is 1.59 bits per heavy atom. The number of carboxylic acids is 1. The lowest BCUT2D eigenvalue weighted by molar-refractivity contribution is -0.312. The molecule has 3 N–H and O–H groups in total. The molecule has 2 fully saturated rings. The van der Waals surface area contributed by atoms with Crippen LogP contribution in [-0.4, -0.2) is 35.6 Å². The highest BCUT2D eigenvalue weighted by Gasteiger charge is 2.49. The van der Waals surface area contributed by atoms with Crippen LogP contribution in [0.4, 0.5) is 0 Å². The first-order chi connectivity index (χ1) is 7.77. The summed E-state index contributed by atoms with van der Waals surface area (Å²) in [4.78, 5) is 11.0. The van der Waals surface area contributed by atoms with Crippen molar-refractivity contribution in [3.63, 3.8) is 0 Å². The summed E-state index contributed by atoms with van der Waals surface area (Å²) in [6.07, 6.45) is 1.93. The van der Waals surface area contributed by atoms with Gasteiger partial charge in [0.15, 0.2) is 5.79 Å². The number of rotatable bonds is 1. The summed E-state index contributed by atoms with van der Waals surface area (Å²) in [5.74, 6) is -1.52. The molecule has 5 heteroatoms. The quantitative estimate of drug-likeness (QED) is 0.721. The van der Waals surface area contributed by atoms with Crippen molar-refractivity contribution in [2.24, 2.45) is 11.1 Å². The van der Waals surface area contributed by atoms with Gasteiger partial charge >= 0.3 is 5.97 Å². The van der Waals surface area contributed by atoms with Gasteiger partial charge in [0, 0.05) is 18.3 Å². The monoisotopic (exact) mass is 243 g/mol. The molecule has 0 bridgehead atoms. The van der Waals surface area contributed by atoms with Gasteiger partial charge in [-0.3, -0.25) is 4.79 Å². The molecule has 2 aliphatic rings. The van der Waals surface area contributed by atoms with Crippen molar-refractivity contribution in [2.75, 3.05) is 13.2 Å². The first-order valence-electron chi connectivity index (χ1n) is 6.07. The van der Waals surface area contributed by atoms with Crippen LogP contribution in [0.2, 0.25) is 0 Å². The fourth-order valence-electron chi connectivity index (χ4n) is 2.32. The topological polar surface area (TPSA) is 81.8 Å². The number of carbonyl (C=O) groups is 1. The molecule has 0 aromatic rings. The summed E-state index contributed by atoms with van der Waals surface area (Å²) < 4.78 is 11.6. The zero-order chi connectivity index (χ0) is 12.7. The van der Waals surface area contributed by atoms with Crippen LogP contribution < -0.4 is 5.73 Å². The molecule has 1 aliphatic carbocycles. The maximum absolute atomic E-state index is 11.0. The molecule has 1 saturated carbocycles. The van der Waals surface area contributed by atoms with Crippen LogP contribution >= 0.6 is 0 Å². The van der Waals surface area contributed by atoms with Gasteiger partial charge in [-0.05, 0) is 12.8 Å². The molecule has 0 amide bonds. The molecule has 17 heavy (non-hydrogen) atoms. The third-order valence-corrected chi connectivity index (χ3v) is 3.78. The van der Waals surface area contributed by atoms with Gasteiger partial charge in [0.1, 0.15) is 5.54 Å². The fourth-order valence-corrected chi connectivity index (χ4v) is 2.32. The molecular formula is C12H21NO4. The van der Waals surface area contributed by atoms with Gasteiger partial charge in [0.25, 0.3) is 0 Å². The lowest BCUT2D eigenvalue weighted by Gasteiger charge is -2.48. The Morgan fingerprint density at radius 3 is 2.00 bits per heavy atom. The van der Waals surface area contributed by atoms with E-state index in [0.717, 1.165) is 0 Å². The van der Waals surface area contributed by atoms with Crippen LogP contribution in [0, 0.1) is 5.41 Å². The number of carboxylic acid groups (broad SMARTS) is 1. The van der Waals surface area contributed by atoms with Crippen LogP contribution in [-0.2, 0) is 14.3 Å². The van der Waals surface area contributed by atoms with E-state index in [2.05, 4.69) is 13.8 Å². The third-order valence-electron chi connectivity index (χ3n) is 3.78. The number of hydrogen-bond acceptors (Lipinski definition) is 4. The molecule has 0 atom stereocenters. The van der Waals surface area contributed by atoms with Crippen LogP contribution in [0.5, 0.6) is 0 Å². The molecule has 0 aromatic heterocycles. The van der Waals surface area contributed by atoms with Crippen molar-refractivity contribution in [1.29, 1.82) is 0 Å². The van der Waals surface area contributed by atoms with Gasteiger partial charge in [-0.1, -0.05) is 13.8 Å². The molecule has 2 rings (SSSR count). The Kier molecular flexibility index (Phi) is 2.96. The first kappa shape index (κ1) is 12.8. The van der Waals surface area contributed by atoms with E-state index in [1.807, 2.05) is 0 Å². The van der Waals surface area contributed by atoms with Crippen molar-refractivity contribution < 1.29 is 19.4 Å². The smallest absolute Gasteiger partial charge is 0.323 e. The average molecular weight is 243 g/mol. The van der Waals surface area contributed by atoms with Gasteiger partial charge < -0.3 is 20.3 Å². The Morgan fingerprint density at radius 1 is 1.12 bits per heavy atom. The first-order valence-corrected chi connectivity index (χ1v) is 6.07. The minimum atomic E-state index is -1.11. The van der Waals surface area contributed by atoms with E-state index in [1.165, 1.54) is 0 Å². The molecule has 1 heterocycles. The Hall–Kier alpha value is -0.650. The minimum absolute atomic E-state index is 0.0370. The van der Waals surface area contributed by atoms with E-state index in [1.54, 1.807) is 0 Å². The lowest BCUT2D eigenvalue weighted by atomic mass is 9.78. The highest BCUT2D eigenvalue weighted by molar-refractivity contribution is 5.78. The van der Waals surface area contributed by atoms with Crippen LogP contribution in [0.1, 0.15) is 39.5 Å². The van der Waals surface area contributed by atoms with E-state index in [0.29, 0.717) is 38.9 Å². The lowest BCUT2D eigenvalue weighted by Crippen LogP contribution is -2.57. The van der Waals surface area contributed by atoms with Crippen LogP contribution in [0.25, 0.3) is 0 Å². The van der Waals surface area contributed by atoms with E-state index >= 15 is 0 Å². The van der Waals surface area contributed by atoms with Crippen LogP contribution in [0.3, 0.4) is 0 Å². The standard InChI is InChI=1S/C12H21NO4/c1-10(2)7-16-12(17-8-10)5-3-11(13,4-6-12)9(14)15/h3-8,13H2,1-2H3,(H,14,15). The Balaban J connectivity index is 1.97. The van der Waals surface area contributed by atoms with Gasteiger partial charge in [0.2, 0.25) is 0 Å². The van der Waals surface area contributed by atoms with Gasteiger partial charge in [-0.15, -0.1) is 0 Å². The van der Waals surface area contributed by atoms with Crippen molar-refractivity contribution in [3.8, 4) is 0 Å². The number of nitrogens with two attached hydrogens (primary N) is 1. The zero-order valence-electron chi connectivity index (χ0n) is 10.5. The van der Waals surface area contributed by atoms with Crippen molar-refractivity contribution in [3.05, 3.63) is 0 Å². The predicted molar refractivity (Wildman–Crippen MR) is 61.4 cm³/mol. The molecule has 1 saturated heterocycles. The van der Waals surface area contributed by atoms with Gasteiger partial charge in [-0.2, -0.15) is 0 Å². The van der Waals surface area contributed by atoms with Crippen molar-refractivity contribution in [1.82, 2.24) is 0 Å². The Bertz CT molecular complexity index is 306. The van der Waals surface area contributed by atoms with E-state index < -0.39 is 17.3 Å². The summed E-state index contributed by atoms with van der Waals surface area (Å²) in [7, 11) is 0. The number of hydrogen-bond donors (Lipinski definition) is 2. The second-order valence-electron chi connectivity index (χ2n) is 6.11. The summed E-state index contributed by atoms with van der Waals surface area (Å²) in [5, 5.41) is 9.06. The van der Waals surface area contributed by atoms with E-state index in [9.17, 15) is 4.79 Å². The molecule has 5 nitrogen and oxygen atoms in total. The van der Waals surface area contributed by atoms with Gasteiger partial charge in [0.05, 0.1) is 13.2 Å². The third kappa shape index (κ3) is 2.46. The second kappa shape index (κ2) is 3.93. The minimum Gasteiger partial charge on any atom is -0.480 e. The van der Waals surface area contributed by atoms with Crippen LogP contribution in [0.15, 0.2) is 0 Å². The second-order valence-corrected chi connectivity index (χ2v) is 6.11. The van der Waals surface area contributed by atoms with Crippen molar-refractivity contribution in [2.45, 2.75) is 50.9 Å². The summed E-state index contributed by atoms with van der Waals surface area (Å²) in [6, 6.07) is 0. The molecular weight excluding hydrogens is 222 g/mol. The molecule has 1 spiro atoms. The Labute approximate surface area is 101 Å². The summed E-state index contributed by atoms with van der Waals surface area (Å²) in [6.45, 7) is 5.48. The van der Waals surface area contributed by atoms with Gasteiger partial charge in [-0.25, -0.2) is 0 Å². The zero-order valence-corrected chi connectivity index (χ0v) is 10.5. The molecule has 0 unspecified atom stereocenters. The fraction of sp³-hybridized carbons (Fsp3) is 0.917. The maximum atomic E-state index is 11.0. The highest BCUT2D eigenvalue weighted by atomic mass is 16.7. The molecule has 1 aliphatic heterocycles. The number of aliphatic carboxylic acids is 1. The van der Waals surface area contributed by atoms with Crippen molar-refractivity contribution >= 4 is 5.97 Å². The maximum Gasteiger partial charge on any atom is 0.323 e.